The minimum absolute atomic E-state index is 0.263. The molecule has 1 fully saturated rings. The van der Waals surface area contributed by atoms with Crippen LogP contribution >= 0.6 is 0 Å². The van der Waals surface area contributed by atoms with Gasteiger partial charge in [0.25, 0.3) is 0 Å². The Labute approximate surface area is 166 Å². The molecule has 1 aromatic carbocycles. The second kappa shape index (κ2) is 11.1. The van der Waals surface area contributed by atoms with Gasteiger partial charge in [-0.25, -0.2) is 8.42 Å². The average molecular weight is 395 g/mol. The first-order valence-electron chi connectivity index (χ1n) is 10.8. The number of rotatable bonds is 11. The van der Waals surface area contributed by atoms with E-state index in [1.165, 1.54) is 44.1 Å². The first-order valence-corrected chi connectivity index (χ1v) is 12.5. The lowest BCUT2D eigenvalue weighted by Gasteiger charge is -2.27. The second-order valence-electron chi connectivity index (χ2n) is 8.51. The number of hydrogen-bond donors (Lipinski definition) is 0. The smallest absolute Gasteiger partial charge is 0.152 e. The number of sulfone groups is 1. The van der Waals surface area contributed by atoms with Crippen molar-refractivity contribution >= 4 is 9.84 Å². The van der Waals surface area contributed by atoms with E-state index in [1.807, 2.05) is 12.1 Å². The summed E-state index contributed by atoms with van der Waals surface area (Å²) in [5, 5.41) is -0.263. The summed E-state index contributed by atoms with van der Waals surface area (Å²) < 4.78 is 30.0. The van der Waals surface area contributed by atoms with Gasteiger partial charge in [-0.2, -0.15) is 0 Å². The molecule has 1 aliphatic carbocycles. The zero-order valence-electron chi connectivity index (χ0n) is 17.5. The van der Waals surface area contributed by atoms with Crippen LogP contribution in [-0.2, 0) is 16.3 Å². The first kappa shape index (κ1) is 22.3. The Morgan fingerprint density at radius 3 is 2.44 bits per heavy atom. The number of hydrogen-bond acceptors (Lipinski definition) is 3. The van der Waals surface area contributed by atoms with Gasteiger partial charge in [-0.15, -0.1) is 0 Å². The molecule has 0 spiro atoms. The number of aryl methyl sites for hydroxylation is 1. The van der Waals surface area contributed by atoms with Crippen LogP contribution in [0.2, 0.25) is 0 Å². The van der Waals surface area contributed by atoms with Crippen molar-refractivity contribution in [3.8, 4) is 5.75 Å². The normalized spacial score (nSPS) is 17.2. The van der Waals surface area contributed by atoms with E-state index in [9.17, 15) is 8.42 Å². The van der Waals surface area contributed by atoms with Gasteiger partial charge in [0.1, 0.15) is 5.75 Å². The van der Waals surface area contributed by atoms with E-state index in [-0.39, 0.29) is 5.25 Å². The first-order chi connectivity index (χ1) is 12.9. The molecule has 1 saturated carbocycles. The highest BCUT2D eigenvalue weighted by Crippen LogP contribution is 2.33. The molecular formula is C23H38O3S. The number of ether oxygens (including phenoxy) is 1. The molecule has 4 heteroatoms. The summed E-state index contributed by atoms with van der Waals surface area (Å²) in [7, 11) is -1.22. The monoisotopic (exact) mass is 394 g/mol. The van der Waals surface area contributed by atoms with Crippen LogP contribution < -0.4 is 4.74 Å². The average Bonchev–Trinajstić information content (AvgIpc) is 2.67. The van der Waals surface area contributed by atoms with E-state index in [4.69, 9.17) is 4.74 Å². The Morgan fingerprint density at radius 1 is 1.07 bits per heavy atom. The molecule has 27 heavy (non-hydrogen) atoms. The molecule has 154 valence electrons. The molecule has 0 amide bonds. The predicted molar refractivity (Wildman–Crippen MR) is 114 cm³/mol. The van der Waals surface area contributed by atoms with E-state index >= 15 is 0 Å². The highest BCUT2D eigenvalue weighted by Gasteiger charge is 2.22. The Hall–Kier alpha value is -1.03. The molecule has 0 N–H and O–H groups in total. The van der Waals surface area contributed by atoms with Gasteiger partial charge in [0.2, 0.25) is 0 Å². The predicted octanol–water partition coefficient (Wildman–Crippen LogP) is 5.82. The SMILES string of the molecule is COc1ccccc1CCC[C@@H](CCS(=O)(=O)C(C)C)CC1CCCCC1. The van der Waals surface area contributed by atoms with Gasteiger partial charge in [-0.05, 0) is 63.0 Å². The number of benzene rings is 1. The van der Waals surface area contributed by atoms with Crippen LogP contribution in [0.4, 0.5) is 0 Å². The van der Waals surface area contributed by atoms with Crippen LogP contribution in [0.25, 0.3) is 0 Å². The summed E-state index contributed by atoms with van der Waals surface area (Å²) in [4.78, 5) is 0. The maximum Gasteiger partial charge on any atom is 0.152 e. The third-order valence-corrected chi connectivity index (χ3v) is 8.41. The Balaban J connectivity index is 1.91. The molecule has 0 bridgehead atoms. The largest absolute Gasteiger partial charge is 0.496 e. The summed E-state index contributed by atoms with van der Waals surface area (Å²) in [6, 6.07) is 8.22. The molecule has 3 nitrogen and oxygen atoms in total. The summed E-state index contributed by atoms with van der Waals surface area (Å²) >= 11 is 0. The highest BCUT2D eigenvalue weighted by atomic mass is 32.2. The van der Waals surface area contributed by atoms with Crippen molar-refractivity contribution in [2.24, 2.45) is 11.8 Å². The molecule has 1 aliphatic rings. The Morgan fingerprint density at radius 2 is 1.78 bits per heavy atom. The zero-order chi connectivity index (χ0) is 19.7. The second-order valence-corrected chi connectivity index (χ2v) is 11.2. The minimum atomic E-state index is -2.94. The lowest BCUT2D eigenvalue weighted by atomic mass is 9.80. The van der Waals surface area contributed by atoms with Crippen molar-refractivity contribution in [1.29, 1.82) is 0 Å². The fourth-order valence-corrected chi connectivity index (χ4v) is 5.46. The molecule has 0 aliphatic heterocycles. The summed E-state index contributed by atoms with van der Waals surface area (Å²) in [5.74, 6) is 2.63. The Kier molecular flexibility index (Phi) is 9.14. The summed E-state index contributed by atoms with van der Waals surface area (Å²) in [6.45, 7) is 3.60. The van der Waals surface area contributed by atoms with Crippen molar-refractivity contribution in [3.05, 3.63) is 29.8 Å². The lowest BCUT2D eigenvalue weighted by molar-refractivity contribution is 0.272. The minimum Gasteiger partial charge on any atom is -0.496 e. The van der Waals surface area contributed by atoms with E-state index in [0.717, 1.165) is 37.4 Å². The van der Waals surface area contributed by atoms with Crippen molar-refractivity contribution in [2.45, 2.75) is 83.3 Å². The van der Waals surface area contributed by atoms with Crippen molar-refractivity contribution in [1.82, 2.24) is 0 Å². The molecule has 1 aromatic rings. The third kappa shape index (κ3) is 7.48. The van der Waals surface area contributed by atoms with E-state index in [1.54, 1.807) is 21.0 Å². The van der Waals surface area contributed by atoms with Crippen LogP contribution in [0, 0.1) is 11.8 Å². The molecule has 0 heterocycles. The van der Waals surface area contributed by atoms with Crippen LogP contribution in [0.1, 0.15) is 77.2 Å². The summed E-state index contributed by atoms with van der Waals surface area (Å²) in [6.07, 6.45) is 12.0. The van der Waals surface area contributed by atoms with Crippen molar-refractivity contribution in [2.75, 3.05) is 12.9 Å². The topological polar surface area (TPSA) is 43.4 Å². The quantitative estimate of drug-likeness (QED) is 0.475. The fraction of sp³-hybridized carbons (Fsp3) is 0.739. The Bertz CT molecular complexity index is 645. The molecule has 2 rings (SSSR count). The van der Waals surface area contributed by atoms with Gasteiger partial charge in [0, 0.05) is 0 Å². The van der Waals surface area contributed by atoms with Crippen LogP contribution in [0.15, 0.2) is 24.3 Å². The maximum absolute atomic E-state index is 12.3. The molecule has 0 radical (unpaired) electrons. The van der Waals surface area contributed by atoms with Crippen molar-refractivity contribution < 1.29 is 13.2 Å². The molecule has 0 unspecified atom stereocenters. The van der Waals surface area contributed by atoms with E-state index in [2.05, 4.69) is 12.1 Å². The van der Waals surface area contributed by atoms with Crippen LogP contribution in [-0.4, -0.2) is 26.5 Å². The number of para-hydroxylation sites is 1. The van der Waals surface area contributed by atoms with Crippen molar-refractivity contribution in [3.63, 3.8) is 0 Å². The molecular weight excluding hydrogens is 356 g/mol. The molecule has 1 atom stereocenters. The molecule has 0 aromatic heterocycles. The highest BCUT2D eigenvalue weighted by molar-refractivity contribution is 7.91. The standard InChI is InChI=1S/C23H38O3S/c1-19(2)27(24,25)17-16-21(18-20-10-5-4-6-11-20)12-9-14-22-13-7-8-15-23(22)26-3/h7-8,13,15,19-21H,4-6,9-12,14,16-18H2,1-3H3/t21-/m0/s1. The van der Waals surface area contributed by atoms with Gasteiger partial charge in [0.15, 0.2) is 9.84 Å². The van der Waals surface area contributed by atoms with Gasteiger partial charge >= 0.3 is 0 Å². The summed E-state index contributed by atoms with van der Waals surface area (Å²) in [5.41, 5.74) is 1.26. The van der Waals surface area contributed by atoms with Gasteiger partial charge < -0.3 is 4.74 Å². The van der Waals surface area contributed by atoms with E-state index in [0.29, 0.717) is 11.7 Å². The number of methoxy groups -OCH3 is 1. The fourth-order valence-electron chi connectivity index (χ4n) is 4.33. The van der Waals surface area contributed by atoms with Gasteiger partial charge in [-0.1, -0.05) is 56.7 Å². The van der Waals surface area contributed by atoms with Crippen LogP contribution in [0.5, 0.6) is 5.75 Å². The van der Waals surface area contributed by atoms with Gasteiger partial charge in [0.05, 0.1) is 18.1 Å². The molecule has 0 saturated heterocycles. The zero-order valence-corrected chi connectivity index (χ0v) is 18.3. The van der Waals surface area contributed by atoms with Crippen LogP contribution in [0.3, 0.4) is 0 Å². The van der Waals surface area contributed by atoms with Gasteiger partial charge in [-0.3, -0.25) is 0 Å². The lowest BCUT2D eigenvalue weighted by Crippen LogP contribution is -2.21. The van der Waals surface area contributed by atoms with E-state index < -0.39 is 9.84 Å². The maximum atomic E-state index is 12.3. The third-order valence-electron chi connectivity index (χ3n) is 6.17.